The number of aryl methyl sites for hydroxylation is 1. The first-order valence-corrected chi connectivity index (χ1v) is 5.84. The summed E-state index contributed by atoms with van der Waals surface area (Å²) < 4.78 is 0. The van der Waals surface area contributed by atoms with E-state index >= 15 is 0 Å². The molecule has 1 saturated heterocycles. The summed E-state index contributed by atoms with van der Waals surface area (Å²) in [4.78, 5) is 14.1. The number of hydrogen-bond acceptors (Lipinski definition) is 2. The minimum Gasteiger partial charge on any atom is -0.364 e. The molecule has 1 aromatic carbocycles. The van der Waals surface area contributed by atoms with Crippen LogP contribution < -0.4 is 4.90 Å². The molecule has 0 bridgehead atoms. The number of carbonyl (C=O) groups excluding carboxylic acids is 1. The van der Waals surface area contributed by atoms with Crippen LogP contribution in [0.2, 0.25) is 0 Å². The van der Waals surface area contributed by atoms with Gasteiger partial charge in [-0.25, -0.2) is 0 Å². The van der Waals surface area contributed by atoms with E-state index in [0.717, 1.165) is 18.7 Å². The zero-order valence-electron chi connectivity index (χ0n) is 10.3. The highest BCUT2D eigenvalue weighted by atomic mass is 16.1. The van der Waals surface area contributed by atoms with Crippen LogP contribution in [0, 0.1) is 12.3 Å². The lowest BCUT2D eigenvalue weighted by molar-refractivity contribution is -0.127. The molecule has 1 fully saturated rings. The van der Waals surface area contributed by atoms with Gasteiger partial charge in [0.2, 0.25) is 0 Å². The fourth-order valence-electron chi connectivity index (χ4n) is 2.00. The highest BCUT2D eigenvalue weighted by Crippen LogP contribution is 2.29. The Kier molecular flexibility index (Phi) is 2.75. The Hall–Kier alpha value is -1.31. The molecule has 0 spiro atoms. The van der Waals surface area contributed by atoms with Gasteiger partial charge in [-0.1, -0.05) is 31.5 Å². The highest BCUT2D eigenvalue weighted by molar-refractivity contribution is 5.89. The van der Waals surface area contributed by atoms with E-state index in [4.69, 9.17) is 0 Å². The van der Waals surface area contributed by atoms with Crippen LogP contribution in [0.4, 0.5) is 5.69 Å². The Balaban J connectivity index is 2.14. The van der Waals surface area contributed by atoms with Crippen molar-refractivity contribution in [1.29, 1.82) is 0 Å². The Bertz CT molecular complexity index is 392. The second-order valence-electron chi connectivity index (χ2n) is 5.31. The quantitative estimate of drug-likeness (QED) is 0.721. The van der Waals surface area contributed by atoms with Gasteiger partial charge in [-0.15, -0.1) is 0 Å². The van der Waals surface area contributed by atoms with Gasteiger partial charge in [-0.2, -0.15) is 0 Å². The Morgan fingerprint density at radius 1 is 1.19 bits per heavy atom. The van der Waals surface area contributed by atoms with E-state index in [1.54, 1.807) is 0 Å². The van der Waals surface area contributed by atoms with Gasteiger partial charge in [0, 0.05) is 17.6 Å². The van der Waals surface area contributed by atoms with Gasteiger partial charge in [0.1, 0.15) is 0 Å². The molecule has 0 amide bonds. The summed E-state index contributed by atoms with van der Waals surface area (Å²) in [6.45, 7) is 7.69. The molecule has 1 aliphatic heterocycles. The summed E-state index contributed by atoms with van der Waals surface area (Å²) in [6.07, 6.45) is 0.944. The van der Waals surface area contributed by atoms with Crippen molar-refractivity contribution >= 4 is 11.5 Å². The van der Waals surface area contributed by atoms with Crippen LogP contribution in [-0.4, -0.2) is 18.9 Å². The van der Waals surface area contributed by atoms with E-state index in [2.05, 4.69) is 36.1 Å². The first-order chi connectivity index (χ1) is 7.49. The second-order valence-corrected chi connectivity index (χ2v) is 5.31. The zero-order valence-corrected chi connectivity index (χ0v) is 10.3. The molecule has 2 heteroatoms. The standard InChI is InChI=1S/C14H19NO/c1-11-4-6-12(7-5-11)15-9-8-14(2,3)13(16)10-15/h4-7H,8-10H2,1-3H3. The van der Waals surface area contributed by atoms with Crippen molar-refractivity contribution in [3.63, 3.8) is 0 Å². The maximum atomic E-state index is 11.9. The smallest absolute Gasteiger partial charge is 0.157 e. The second kappa shape index (κ2) is 3.93. The molecule has 0 unspecified atom stereocenters. The first-order valence-electron chi connectivity index (χ1n) is 5.84. The number of hydrogen-bond donors (Lipinski definition) is 0. The van der Waals surface area contributed by atoms with Crippen LogP contribution in [0.5, 0.6) is 0 Å². The lowest BCUT2D eigenvalue weighted by Crippen LogP contribution is -2.45. The van der Waals surface area contributed by atoms with Crippen LogP contribution in [0.15, 0.2) is 24.3 Å². The van der Waals surface area contributed by atoms with Crippen molar-refractivity contribution < 1.29 is 4.79 Å². The van der Waals surface area contributed by atoms with Gasteiger partial charge in [0.05, 0.1) is 6.54 Å². The summed E-state index contributed by atoms with van der Waals surface area (Å²) in [6, 6.07) is 8.39. The van der Waals surface area contributed by atoms with Crippen molar-refractivity contribution in [3.8, 4) is 0 Å². The lowest BCUT2D eigenvalue weighted by Gasteiger charge is -2.36. The number of Topliss-reactive ketones (excluding diaryl/α,β-unsaturated/α-hetero) is 1. The molecule has 86 valence electrons. The molecule has 16 heavy (non-hydrogen) atoms. The van der Waals surface area contributed by atoms with Crippen molar-refractivity contribution in [2.45, 2.75) is 27.2 Å². The Morgan fingerprint density at radius 3 is 2.38 bits per heavy atom. The Morgan fingerprint density at radius 2 is 1.81 bits per heavy atom. The summed E-state index contributed by atoms with van der Waals surface area (Å²) in [5.74, 6) is 0.347. The lowest BCUT2D eigenvalue weighted by atomic mass is 9.81. The first kappa shape index (κ1) is 11.2. The summed E-state index contributed by atoms with van der Waals surface area (Å²) in [5.41, 5.74) is 2.28. The zero-order chi connectivity index (χ0) is 11.8. The van der Waals surface area contributed by atoms with Gasteiger partial charge in [0.25, 0.3) is 0 Å². The summed E-state index contributed by atoms with van der Waals surface area (Å²) >= 11 is 0. The molecule has 0 N–H and O–H groups in total. The fourth-order valence-corrected chi connectivity index (χ4v) is 2.00. The number of benzene rings is 1. The number of ketones is 1. The van der Waals surface area contributed by atoms with E-state index in [-0.39, 0.29) is 5.41 Å². The molecule has 1 heterocycles. The van der Waals surface area contributed by atoms with Crippen LogP contribution in [0.3, 0.4) is 0 Å². The SMILES string of the molecule is Cc1ccc(N2CCC(C)(C)C(=O)C2)cc1. The predicted octanol–water partition coefficient (Wildman–Crippen LogP) is 2.80. The molecule has 0 saturated carbocycles. The summed E-state index contributed by atoms with van der Waals surface area (Å²) in [7, 11) is 0. The number of carbonyl (C=O) groups is 1. The maximum absolute atomic E-state index is 11.9. The van der Waals surface area contributed by atoms with E-state index in [1.165, 1.54) is 5.56 Å². The van der Waals surface area contributed by atoms with Gasteiger partial charge in [0.15, 0.2) is 5.78 Å². The van der Waals surface area contributed by atoms with Gasteiger partial charge >= 0.3 is 0 Å². The minimum absolute atomic E-state index is 0.138. The molecular weight excluding hydrogens is 198 g/mol. The van der Waals surface area contributed by atoms with Gasteiger partial charge in [-0.05, 0) is 25.5 Å². The molecule has 0 atom stereocenters. The van der Waals surface area contributed by atoms with Crippen LogP contribution >= 0.6 is 0 Å². The molecule has 0 aromatic heterocycles. The highest BCUT2D eigenvalue weighted by Gasteiger charge is 2.33. The molecule has 0 aliphatic carbocycles. The largest absolute Gasteiger partial charge is 0.364 e. The van der Waals surface area contributed by atoms with Gasteiger partial charge < -0.3 is 4.90 Å². The summed E-state index contributed by atoms with van der Waals surface area (Å²) in [5, 5.41) is 0. The van der Waals surface area contributed by atoms with Crippen molar-refractivity contribution in [2.75, 3.05) is 18.0 Å². The molecule has 0 radical (unpaired) electrons. The number of rotatable bonds is 1. The van der Waals surface area contributed by atoms with E-state index in [1.807, 2.05) is 13.8 Å². The maximum Gasteiger partial charge on any atom is 0.157 e. The van der Waals surface area contributed by atoms with E-state index in [0.29, 0.717) is 12.3 Å². The molecular formula is C14H19NO. The third kappa shape index (κ3) is 2.11. The number of piperidine rings is 1. The monoisotopic (exact) mass is 217 g/mol. The van der Waals surface area contributed by atoms with E-state index in [9.17, 15) is 4.79 Å². The molecule has 2 rings (SSSR count). The molecule has 2 nitrogen and oxygen atoms in total. The van der Waals surface area contributed by atoms with Gasteiger partial charge in [-0.3, -0.25) is 4.79 Å². The third-order valence-electron chi connectivity index (χ3n) is 3.50. The fraction of sp³-hybridized carbons (Fsp3) is 0.500. The molecule has 1 aromatic rings. The average molecular weight is 217 g/mol. The molecule has 1 aliphatic rings. The average Bonchev–Trinajstić information content (AvgIpc) is 2.24. The van der Waals surface area contributed by atoms with E-state index < -0.39 is 0 Å². The van der Waals surface area contributed by atoms with Crippen LogP contribution in [0.1, 0.15) is 25.8 Å². The Labute approximate surface area is 97.3 Å². The third-order valence-corrected chi connectivity index (χ3v) is 3.50. The number of anilines is 1. The van der Waals surface area contributed by atoms with Crippen molar-refractivity contribution in [3.05, 3.63) is 29.8 Å². The van der Waals surface area contributed by atoms with Crippen LogP contribution in [-0.2, 0) is 4.79 Å². The topological polar surface area (TPSA) is 20.3 Å². The number of nitrogens with zero attached hydrogens (tertiary/aromatic N) is 1. The van der Waals surface area contributed by atoms with Crippen LogP contribution in [0.25, 0.3) is 0 Å². The predicted molar refractivity (Wildman–Crippen MR) is 66.8 cm³/mol. The normalized spacial score (nSPS) is 19.9. The van der Waals surface area contributed by atoms with Crippen molar-refractivity contribution in [2.24, 2.45) is 5.41 Å². The minimum atomic E-state index is -0.138. The van der Waals surface area contributed by atoms with Crippen molar-refractivity contribution in [1.82, 2.24) is 0 Å².